The smallest absolute Gasteiger partial charge is 0.140 e. The summed E-state index contributed by atoms with van der Waals surface area (Å²) >= 11 is 1.67. The third kappa shape index (κ3) is 2.08. The van der Waals surface area contributed by atoms with Crippen molar-refractivity contribution in [2.45, 2.75) is 25.8 Å². The van der Waals surface area contributed by atoms with Crippen molar-refractivity contribution in [2.24, 2.45) is 11.7 Å². The molecule has 0 bridgehead atoms. The van der Waals surface area contributed by atoms with Crippen molar-refractivity contribution in [3.05, 3.63) is 17.8 Å². The lowest BCUT2D eigenvalue weighted by Gasteiger charge is -2.34. The standard InChI is InChI=1S/C13H18N4S/c1-9(14)10-2-5-17(6-3-10)12-11-4-7-18-13(11)16-8-15-12/h4,7-10H,2-3,5-6,14H2,1H3. The van der Waals surface area contributed by atoms with Crippen molar-refractivity contribution in [3.63, 3.8) is 0 Å². The van der Waals surface area contributed by atoms with Crippen LogP contribution in [0.4, 0.5) is 5.82 Å². The highest BCUT2D eigenvalue weighted by atomic mass is 32.1. The van der Waals surface area contributed by atoms with Crippen molar-refractivity contribution in [2.75, 3.05) is 18.0 Å². The van der Waals surface area contributed by atoms with Crippen LogP contribution in [0, 0.1) is 5.92 Å². The lowest BCUT2D eigenvalue weighted by molar-refractivity contribution is 0.354. The SMILES string of the molecule is CC(N)C1CCN(c2ncnc3sccc23)CC1. The summed E-state index contributed by atoms with van der Waals surface area (Å²) in [5, 5.41) is 3.26. The van der Waals surface area contributed by atoms with Crippen molar-refractivity contribution in [3.8, 4) is 0 Å². The summed E-state index contributed by atoms with van der Waals surface area (Å²) in [5.74, 6) is 1.74. The average Bonchev–Trinajstić information content (AvgIpc) is 2.87. The zero-order valence-corrected chi connectivity index (χ0v) is 11.4. The van der Waals surface area contributed by atoms with E-state index in [2.05, 4.69) is 33.2 Å². The van der Waals surface area contributed by atoms with Gasteiger partial charge in [0.15, 0.2) is 0 Å². The van der Waals surface area contributed by atoms with E-state index in [4.69, 9.17) is 5.73 Å². The Morgan fingerprint density at radius 3 is 2.89 bits per heavy atom. The number of hydrogen-bond donors (Lipinski definition) is 1. The van der Waals surface area contributed by atoms with Crippen LogP contribution in [-0.4, -0.2) is 29.1 Å². The predicted molar refractivity (Wildman–Crippen MR) is 76.0 cm³/mol. The van der Waals surface area contributed by atoms with Gasteiger partial charge in [0.25, 0.3) is 0 Å². The van der Waals surface area contributed by atoms with Gasteiger partial charge in [0.05, 0.1) is 5.39 Å². The largest absolute Gasteiger partial charge is 0.356 e. The van der Waals surface area contributed by atoms with E-state index in [9.17, 15) is 0 Å². The molecule has 1 atom stereocenters. The number of thiophene rings is 1. The third-order valence-electron chi connectivity index (χ3n) is 3.82. The van der Waals surface area contributed by atoms with Crippen LogP contribution in [0.1, 0.15) is 19.8 Å². The maximum atomic E-state index is 5.98. The van der Waals surface area contributed by atoms with E-state index in [0.717, 1.165) is 36.6 Å². The summed E-state index contributed by atoms with van der Waals surface area (Å²) in [4.78, 5) is 12.2. The van der Waals surface area contributed by atoms with E-state index in [1.807, 2.05) is 0 Å². The molecule has 0 saturated carbocycles. The Labute approximate surface area is 111 Å². The zero-order valence-electron chi connectivity index (χ0n) is 10.5. The van der Waals surface area contributed by atoms with Gasteiger partial charge < -0.3 is 10.6 Å². The zero-order chi connectivity index (χ0) is 12.5. The Bertz CT molecular complexity index is 529. The molecule has 2 aromatic rings. The summed E-state index contributed by atoms with van der Waals surface area (Å²) in [6, 6.07) is 2.42. The number of nitrogens with two attached hydrogens (primary N) is 1. The molecule has 1 unspecified atom stereocenters. The average molecular weight is 262 g/mol. The van der Waals surface area contributed by atoms with Crippen LogP contribution in [0.3, 0.4) is 0 Å². The van der Waals surface area contributed by atoms with Crippen LogP contribution in [0.2, 0.25) is 0 Å². The lowest BCUT2D eigenvalue weighted by atomic mass is 9.91. The fraction of sp³-hybridized carbons (Fsp3) is 0.538. The summed E-state index contributed by atoms with van der Waals surface area (Å²) in [6.07, 6.45) is 3.99. The molecule has 1 saturated heterocycles. The van der Waals surface area contributed by atoms with Crippen LogP contribution in [0.25, 0.3) is 10.2 Å². The van der Waals surface area contributed by atoms with E-state index in [-0.39, 0.29) is 0 Å². The van der Waals surface area contributed by atoms with E-state index in [0.29, 0.717) is 12.0 Å². The fourth-order valence-corrected chi connectivity index (χ4v) is 3.39. The molecule has 0 radical (unpaired) electrons. The molecule has 0 aliphatic carbocycles. The summed E-state index contributed by atoms with van der Waals surface area (Å²) < 4.78 is 0. The second kappa shape index (κ2) is 4.82. The molecular weight excluding hydrogens is 244 g/mol. The molecule has 2 N–H and O–H groups in total. The molecule has 0 spiro atoms. The fourth-order valence-electron chi connectivity index (χ4n) is 2.67. The second-order valence-electron chi connectivity index (χ2n) is 5.02. The monoisotopic (exact) mass is 262 g/mol. The molecule has 5 heteroatoms. The Morgan fingerprint density at radius 1 is 1.39 bits per heavy atom. The quantitative estimate of drug-likeness (QED) is 0.902. The van der Waals surface area contributed by atoms with E-state index in [1.165, 1.54) is 5.39 Å². The van der Waals surface area contributed by atoms with Gasteiger partial charge >= 0.3 is 0 Å². The number of nitrogens with zero attached hydrogens (tertiary/aromatic N) is 3. The number of fused-ring (bicyclic) bond motifs is 1. The molecular formula is C13H18N4S. The minimum atomic E-state index is 0.304. The van der Waals surface area contributed by atoms with Crippen molar-refractivity contribution < 1.29 is 0 Å². The predicted octanol–water partition coefficient (Wildman–Crippen LogP) is 2.25. The molecule has 3 heterocycles. The van der Waals surface area contributed by atoms with Gasteiger partial charge in [-0.25, -0.2) is 9.97 Å². The maximum absolute atomic E-state index is 5.98. The summed E-state index contributed by atoms with van der Waals surface area (Å²) in [5.41, 5.74) is 5.98. The number of aromatic nitrogens is 2. The number of piperidine rings is 1. The Balaban J connectivity index is 1.82. The normalized spacial score (nSPS) is 19.3. The van der Waals surface area contributed by atoms with Gasteiger partial charge in [0.1, 0.15) is 17.0 Å². The Hall–Kier alpha value is -1.20. The first-order chi connectivity index (χ1) is 8.75. The van der Waals surface area contributed by atoms with Crippen LogP contribution >= 0.6 is 11.3 Å². The molecule has 4 nitrogen and oxygen atoms in total. The van der Waals surface area contributed by atoms with Gasteiger partial charge in [-0.2, -0.15) is 0 Å². The van der Waals surface area contributed by atoms with Crippen molar-refractivity contribution in [1.29, 1.82) is 0 Å². The maximum Gasteiger partial charge on any atom is 0.140 e. The molecule has 0 aromatic carbocycles. The summed E-state index contributed by atoms with van der Waals surface area (Å²) in [6.45, 7) is 4.21. The molecule has 3 rings (SSSR count). The first-order valence-corrected chi connectivity index (χ1v) is 7.32. The number of anilines is 1. The molecule has 2 aromatic heterocycles. The van der Waals surface area contributed by atoms with Gasteiger partial charge in [-0.1, -0.05) is 0 Å². The summed E-state index contributed by atoms with van der Waals surface area (Å²) in [7, 11) is 0. The number of hydrogen-bond acceptors (Lipinski definition) is 5. The van der Waals surface area contributed by atoms with E-state index >= 15 is 0 Å². The second-order valence-corrected chi connectivity index (χ2v) is 5.91. The highest BCUT2D eigenvalue weighted by Gasteiger charge is 2.23. The Kier molecular flexibility index (Phi) is 3.18. The third-order valence-corrected chi connectivity index (χ3v) is 4.64. The highest BCUT2D eigenvalue weighted by Crippen LogP contribution is 2.30. The van der Waals surface area contributed by atoms with Crippen molar-refractivity contribution >= 4 is 27.4 Å². The minimum Gasteiger partial charge on any atom is -0.356 e. The van der Waals surface area contributed by atoms with Gasteiger partial charge in [0.2, 0.25) is 0 Å². The van der Waals surface area contributed by atoms with Crippen LogP contribution in [0.5, 0.6) is 0 Å². The molecule has 96 valence electrons. The van der Waals surface area contributed by atoms with E-state index in [1.54, 1.807) is 17.7 Å². The molecule has 0 amide bonds. The van der Waals surface area contributed by atoms with Crippen molar-refractivity contribution in [1.82, 2.24) is 9.97 Å². The molecule has 1 aliphatic rings. The first kappa shape index (κ1) is 11.9. The lowest BCUT2D eigenvalue weighted by Crippen LogP contribution is -2.40. The van der Waals surface area contributed by atoms with Crippen LogP contribution in [0.15, 0.2) is 17.8 Å². The molecule has 1 fully saturated rings. The number of rotatable bonds is 2. The molecule has 18 heavy (non-hydrogen) atoms. The first-order valence-electron chi connectivity index (χ1n) is 6.44. The van der Waals surface area contributed by atoms with Gasteiger partial charge in [-0.3, -0.25) is 0 Å². The van der Waals surface area contributed by atoms with Gasteiger partial charge in [-0.15, -0.1) is 11.3 Å². The van der Waals surface area contributed by atoms with Crippen LogP contribution < -0.4 is 10.6 Å². The van der Waals surface area contributed by atoms with Crippen LogP contribution in [-0.2, 0) is 0 Å². The van der Waals surface area contributed by atoms with E-state index < -0.39 is 0 Å². The Morgan fingerprint density at radius 2 is 2.17 bits per heavy atom. The highest BCUT2D eigenvalue weighted by molar-refractivity contribution is 7.16. The van der Waals surface area contributed by atoms with Gasteiger partial charge in [-0.05, 0) is 37.1 Å². The van der Waals surface area contributed by atoms with Gasteiger partial charge in [0, 0.05) is 19.1 Å². The minimum absolute atomic E-state index is 0.304. The molecule has 1 aliphatic heterocycles. The topological polar surface area (TPSA) is 55.0 Å².